The van der Waals surface area contributed by atoms with Crippen LogP contribution < -0.4 is 5.32 Å². The fourth-order valence-electron chi connectivity index (χ4n) is 2.19. The second kappa shape index (κ2) is 7.52. The van der Waals surface area contributed by atoms with Gasteiger partial charge >= 0.3 is 5.97 Å². The predicted molar refractivity (Wildman–Crippen MR) is 90.2 cm³/mol. The minimum Gasteiger partial charge on any atom is -0.454 e. The number of benzene rings is 1. The van der Waals surface area contributed by atoms with Crippen LogP contribution in [0.4, 0.5) is 11.4 Å². The molecule has 0 bridgehead atoms. The molecule has 1 aromatic heterocycles. The summed E-state index contributed by atoms with van der Waals surface area (Å²) < 4.78 is 5.38. The summed E-state index contributed by atoms with van der Waals surface area (Å²) in [5, 5.41) is 13.5. The highest BCUT2D eigenvalue weighted by Gasteiger charge is 2.20. The average Bonchev–Trinajstić information content (AvgIpc) is 2.54. The third kappa shape index (κ3) is 4.60. The second-order valence-electron chi connectivity index (χ2n) is 5.44. The van der Waals surface area contributed by atoms with Crippen molar-refractivity contribution in [2.24, 2.45) is 0 Å². The SMILES string of the molecule is CC(=O)Nc1cccc([C@H](C)OC(=O)c2cc([N+](=O)[O-])cnc2C)c1. The average molecular weight is 343 g/mol. The van der Waals surface area contributed by atoms with Gasteiger partial charge in [0.25, 0.3) is 5.69 Å². The van der Waals surface area contributed by atoms with E-state index in [0.29, 0.717) is 16.9 Å². The van der Waals surface area contributed by atoms with Crippen LogP contribution in [0.2, 0.25) is 0 Å². The number of nitrogens with one attached hydrogen (secondary N) is 1. The first-order valence-electron chi connectivity index (χ1n) is 7.47. The van der Waals surface area contributed by atoms with Gasteiger partial charge in [-0.3, -0.25) is 19.9 Å². The Morgan fingerprint density at radius 3 is 2.68 bits per heavy atom. The summed E-state index contributed by atoms with van der Waals surface area (Å²) in [4.78, 5) is 37.5. The first-order valence-corrected chi connectivity index (χ1v) is 7.47. The standard InChI is InChI=1S/C17H17N3O5/c1-10-16(8-15(9-18-10)20(23)24)17(22)25-11(2)13-5-4-6-14(7-13)19-12(3)21/h4-9,11H,1-3H3,(H,19,21)/t11-/m0/s1. The topological polar surface area (TPSA) is 111 Å². The summed E-state index contributed by atoms with van der Waals surface area (Å²) in [5.74, 6) is -0.911. The van der Waals surface area contributed by atoms with Crippen LogP contribution in [-0.2, 0) is 9.53 Å². The number of aryl methyl sites for hydroxylation is 1. The fraction of sp³-hybridized carbons (Fsp3) is 0.235. The number of esters is 1. The van der Waals surface area contributed by atoms with Crippen LogP contribution in [-0.4, -0.2) is 21.8 Å². The molecule has 0 spiro atoms. The molecule has 8 heteroatoms. The van der Waals surface area contributed by atoms with Crippen LogP contribution in [0.3, 0.4) is 0 Å². The zero-order valence-corrected chi connectivity index (χ0v) is 14.0. The van der Waals surface area contributed by atoms with Gasteiger partial charge in [0.1, 0.15) is 12.3 Å². The van der Waals surface area contributed by atoms with Gasteiger partial charge in [-0.25, -0.2) is 4.79 Å². The molecule has 130 valence electrons. The van der Waals surface area contributed by atoms with Gasteiger partial charge in [0, 0.05) is 18.7 Å². The smallest absolute Gasteiger partial charge is 0.340 e. The number of nitro groups is 1. The van der Waals surface area contributed by atoms with Crippen LogP contribution in [0.15, 0.2) is 36.5 Å². The lowest BCUT2D eigenvalue weighted by Crippen LogP contribution is -2.12. The van der Waals surface area contributed by atoms with Crippen molar-refractivity contribution in [3.63, 3.8) is 0 Å². The van der Waals surface area contributed by atoms with Crippen LogP contribution in [0, 0.1) is 17.0 Å². The molecule has 1 N–H and O–H groups in total. The highest BCUT2D eigenvalue weighted by Crippen LogP contribution is 2.23. The van der Waals surface area contributed by atoms with Crippen molar-refractivity contribution in [2.75, 3.05) is 5.32 Å². The third-order valence-electron chi connectivity index (χ3n) is 3.46. The van der Waals surface area contributed by atoms with Gasteiger partial charge < -0.3 is 10.1 Å². The molecule has 0 unspecified atom stereocenters. The zero-order chi connectivity index (χ0) is 18.6. The molecule has 0 fully saturated rings. The maximum atomic E-state index is 12.3. The van der Waals surface area contributed by atoms with E-state index in [9.17, 15) is 19.7 Å². The highest BCUT2D eigenvalue weighted by molar-refractivity contribution is 5.91. The second-order valence-corrected chi connectivity index (χ2v) is 5.44. The highest BCUT2D eigenvalue weighted by atomic mass is 16.6. The molecule has 0 aliphatic rings. The van der Waals surface area contributed by atoms with Gasteiger partial charge in [-0.15, -0.1) is 0 Å². The Kier molecular flexibility index (Phi) is 5.43. The molecule has 1 aromatic carbocycles. The van der Waals surface area contributed by atoms with Crippen molar-refractivity contribution < 1.29 is 19.2 Å². The molecule has 0 aliphatic carbocycles. The van der Waals surface area contributed by atoms with Gasteiger partial charge in [-0.2, -0.15) is 0 Å². The first kappa shape index (κ1) is 18.1. The molecule has 0 saturated carbocycles. The minimum atomic E-state index is -0.703. The van der Waals surface area contributed by atoms with Crippen molar-refractivity contribution >= 4 is 23.3 Å². The number of rotatable bonds is 5. The molecule has 1 atom stereocenters. The minimum absolute atomic E-state index is 0.0408. The lowest BCUT2D eigenvalue weighted by atomic mass is 10.1. The molecule has 8 nitrogen and oxygen atoms in total. The molecule has 0 saturated heterocycles. The van der Waals surface area contributed by atoms with Crippen LogP contribution in [0.1, 0.15) is 41.6 Å². The molecule has 0 radical (unpaired) electrons. The zero-order valence-electron chi connectivity index (χ0n) is 14.0. The van der Waals surface area contributed by atoms with E-state index in [1.54, 1.807) is 38.1 Å². The summed E-state index contributed by atoms with van der Waals surface area (Å²) in [6.45, 7) is 4.64. The maximum Gasteiger partial charge on any atom is 0.340 e. The number of amides is 1. The Hall–Kier alpha value is -3.29. The molecule has 1 amide bonds. The van der Waals surface area contributed by atoms with Gasteiger partial charge in [-0.1, -0.05) is 12.1 Å². The van der Waals surface area contributed by atoms with E-state index in [2.05, 4.69) is 10.3 Å². The molecule has 25 heavy (non-hydrogen) atoms. The molecular formula is C17H17N3O5. The van der Waals surface area contributed by atoms with E-state index < -0.39 is 17.0 Å². The largest absolute Gasteiger partial charge is 0.454 e. The summed E-state index contributed by atoms with van der Waals surface area (Å²) in [6.07, 6.45) is 0.478. The van der Waals surface area contributed by atoms with E-state index in [-0.39, 0.29) is 17.2 Å². The summed E-state index contributed by atoms with van der Waals surface area (Å²) >= 11 is 0. The first-order chi connectivity index (χ1) is 11.8. The van der Waals surface area contributed by atoms with E-state index >= 15 is 0 Å². The van der Waals surface area contributed by atoms with Crippen LogP contribution in [0.5, 0.6) is 0 Å². The van der Waals surface area contributed by atoms with Gasteiger partial charge in [0.15, 0.2) is 0 Å². The summed E-state index contributed by atoms with van der Waals surface area (Å²) in [6, 6.07) is 8.03. The number of ether oxygens (including phenoxy) is 1. The number of hydrogen-bond acceptors (Lipinski definition) is 6. The number of hydrogen-bond donors (Lipinski definition) is 1. The van der Waals surface area contributed by atoms with Crippen molar-refractivity contribution in [1.29, 1.82) is 0 Å². The molecule has 0 aliphatic heterocycles. The Morgan fingerprint density at radius 1 is 1.32 bits per heavy atom. The van der Waals surface area contributed by atoms with E-state index in [1.807, 2.05) is 0 Å². The molecule has 2 aromatic rings. The van der Waals surface area contributed by atoms with Crippen molar-refractivity contribution in [3.05, 3.63) is 63.5 Å². The quantitative estimate of drug-likeness (QED) is 0.507. The number of anilines is 1. The Balaban J connectivity index is 2.19. The van der Waals surface area contributed by atoms with E-state index in [4.69, 9.17) is 4.74 Å². The van der Waals surface area contributed by atoms with Gasteiger partial charge in [0.05, 0.1) is 16.2 Å². The Labute approximate surface area is 144 Å². The molecule has 1 heterocycles. The van der Waals surface area contributed by atoms with Gasteiger partial charge in [-0.05, 0) is 31.5 Å². The predicted octanol–water partition coefficient (Wildman–Crippen LogP) is 3.17. The Bertz CT molecular complexity index is 835. The number of nitrogens with zero attached hydrogens (tertiary/aromatic N) is 2. The van der Waals surface area contributed by atoms with E-state index in [0.717, 1.165) is 12.3 Å². The van der Waals surface area contributed by atoms with Gasteiger partial charge in [0.2, 0.25) is 5.91 Å². The lowest BCUT2D eigenvalue weighted by molar-refractivity contribution is -0.385. The lowest BCUT2D eigenvalue weighted by Gasteiger charge is -2.15. The number of carbonyl (C=O) groups is 2. The third-order valence-corrected chi connectivity index (χ3v) is 3.46. The normalized spacial score (nSPS) is 11.5. The Morgan fingerprint density at radius 2 is 2.04 bits per heavy atom. The van der Waals surface area contributed by atoms with E-state index in [1.165, 1.54) is 6.92 Å². The van der Waals surface area contributed by atoms with Crippen molar-refractivity contribution in [1.82, 2.24) is 4.98 Å². The number of pyridine rings is 1. The monoisotopic (exact) mass is 343 g/mol. The number of aromatic nitrogens is 1. The molecular weight excluding hydrogens is 326 g/mol. The summed E-state index contributed by atoms with van der Waals surface area (Å²) in [5.41, 5.74) is 1.36. The fourth-order valence-corrected chi connectivity index (χ4v) is 2.19. The maximum absolute atomic E-state index is 12.3. The van der Waals surface area contributed by atoms with Crippen molar-refractivity contribution in [3.8, 4) is 0 Å². The number of carbonyl (C=O) groups excluding carboxylic acids is 2. The summed E-state index contributed by atoms with van der Waals surface area (Å²) in [7, 11) is 0. The van der Waals surface area contributed by atoms with Crippen LogP contribution in [0.25, 0.3) is 0 Å². The van der Waals surface area contributed by atoms with Crippen molar-refractivity contribution in [2.45, 2.75) is 26.9 Å². The molecule has 2 rings (SSSR count). The van der Waals surface area contributed by atoms with Crippen LogP contribution >= 0.6 is 0 Å².